The quantitative estimate of drug-likeness (QED) is 0.436. The van der Waals surface area contributed by atoms with E-state index < -0.39 is 0 Å². The van der Waals surface area contributed by atoms with Crippen molar-refractivity contribution in [1.82, 2.24) is 10.7 Å². The molecule has 0 saturated heterocycles. The van der Waals surface area contributed by atoms with Crippen LogP contribution in [-0.4, -0.2) is 11.3 Å². The van der Waals surface area contributed by atoms with E-state index in [2.05, 4.69) is 40.1 Å². The van der Waals surface area contributed by atoms with E-state index in [1.807, 2.05) is 48.5 Å². The third-order valence-corrected chi connectivity index (χ3v) is 3.68. The van der Waals surface area contributed by atoms with Crippen LogP contribution < -0.4 is 10.7 Å². The van der Waals surface area contributed by atoms with Crippen LogP contribution in [0.1, 0.15) is 11.1 Å². The van der Waals surface area contributed by atoms with Gasteiger partial charge in [0.2, 0.25) is 0 Å². The van der Waals surface area contributed by atoms with Crippen LogP contribution in [0.25, 0.3) is 10.8 Å². The summed E-state index contributed by atoms with van der Waals surface area (Å²) in [5.41, 5.74) is 5.04. The Morgan fingerprint density at radius 3 is 2.48 bits per heavy atom. The van der Waals surface area contributed by atoms with E-state index >= 15 is 0 Å². The summed E-state index contributed by atoms with van der Waals surface area (Å²) in [4.78, 5) is 0. The lowest BCUT2D eigenvalue weighted by atomic mass is 10.1. The maximum absolute atomic E-state index is 5.21. The molecule has 0 aliphatic rings. The summed E-state index contributed by atoms with van der Waals surface area (Å²) in [7, 11) is 0. The first-order chi connectivity index (χ1) is 11.3. The Hall–Kier alpha value is -2.72. The second kappa shape index (κ2) is 7.51. The van der Waals surface area contributed by atoms with Gasteiger partial charge >= 0.3 is 0 Å². The van der Waals surface area contributed by atoms with Gasteiger partial charge in [0.15, 0.2) is 5.11 Å². The van der Waals surface area contributed by atoms with E-state index in [4.69, 9.17) is 12.2 Å². The van der Waals surface area contributed by atoms with Crippen molar-refractivity contribution in [3.63, 3.8) is 0 Å². The number of hydrogen-bond donors (Lipinski definition) is 2. The van der Waals surface area contributed by atoms with Crippen molar-refractivity contribution in [3.05, 3.63) is 83.9 Å². The van der Waals surface area contributed by atoms with Gasteiger partial charge in [0.25, 0.3) is 0 Å². The van der Waals surface area contributed by atoms with E-state index in [-0.39, 0.29) is 0 Å². The molecule has 2 N–H and O–H groups in total. The predicted octanol–water partition coefficient (Wildman–Crippen LogP) is 3.84. The zero-order valence-corrected chi connectivity index (χ0v) is 13.4. The maximum Gasteiger partial charge on any atom is 0.187 e. The van der Waals surface area contributed by atoms with Gasteiger partial charge in [-0.2, -0.15) is 5.10 Å². The molecule has 0 aliphatic heterocycles. The van der Waals surface area contributed by atoms with Gasteiger partial charge in [0.1, 0.15) is 0 Å². The number of nitrogens with one attached hydrogen (secondary N) is 2. The van der Waals surface area contributed by atoms with Crippen molar-refractivity contribution in [2.45, 2.75) is 6.54 Å². The molecular weight excluding hydrogens is 302 g/mol. The van der Waals surface area contributed by atoms with Crippen LogP contribution in [0.4, 0.5) is 0 Å². The van der Waals surface area contributed by atoms with Crippen molar-refractivity contribution in [2.75, 3.05) is 0 Å². The molecule has 0 fully saturated rings. The van der Waals surface area contributed by atoms with E-state index in [9.17, 15) is 0 Å². The molecule has 0 bridgehead atoms. The molecule has 3 aromatic carbocycles. The molecule has 4 heteroatoms. The molecule has 3 nitrogen and oxygen atoms in total. The Morgan fingerprint density at radius 1 is 0.913 bits per heavy atom. The predicted molar refractivity (Wildman–Crippen MR) is 101 cm³/mol. The average molecular weight is 319 g/mol. The highest BCUT2D eigenvalue weighted by Crippen LogP contribution is 2.14. The number of thiocarbonyl (C=S) groups is 1. The van der Waals surface area contributed by atoms with Crippen molar-refractivity contribution < 1.29 is 0 Å². The van der Waals surface area contributed by atoms with E-state index in [0.29, 0.717) is 11.7 Å². The van der Waals surface area contributed by atoms with Gasteiger partial charge in [0.05, 0.1) is 6.21 Å². The third kappa shape index (κ3) is 4.37. The monoisotopic (exact) mass is 319 g/mol. The van der Waals surface area contributed by atoms with Crippen LogP contribution in [0.3, 0.4) is 0 Å². The molecule has 0 amide bonds. The summed E-state index contributed by atoms with van der Waals surface area (Å²) < 4.78 is 0. The minimum Gasteiger partial charge on any atom is -0.357 e. The first-order valence-corrected chi connectivity index (χ1v) is 7.82. The zero-order chi connectivity index (χ0) is 15.9. The molecule has 0 unspecified atom stereocenters. The van der Waals surface area contributed by atoms with Crippen molar-refractivity contribution in [1.29, 1.82) is 0 Å². The fourth-order valence-electron chi connectivity index (χ4n) is 2.27. The highest BCUT2D eigenvalue weighted by atomic mass is 32.1. The lowest BCUT2D eigenvalue weighted by Gasteiger charge is -2.06. The van der Waals surface area contributed by atoms with E-state index in [0.717, 1.165) is 5.56 Å². The molecule has 3 aromatic rings. The summed E-state index contributed by atoms with van der Waals surface area (Å²) in [6, 6.07) is 24.6. The van der Waals surface area contributed by atoms with Gasteiger partial charge in [-0.05, 0) is 40.2 Å². The molecule has 0 atom stereocenters. The SMILES string of the molecule is S=C(NCc1ccccc1)N/N=C\c1ccc2ccccc2c1. The second-order valence-electron chi connectivity index (χ2n) is 5.14. The first-order valence-electron chi connectivity index (χ1n) is 7.41. The molecule has 0 saturated carbocycles. The van der Waals surface area contributed by atoms with Crippen LogP contribution in [-0.2, 0) is 6.54 Å². The van der Waals surface area contributed by atoms with E-state index in [1.54, 1.807) is 6.21 Å². The topological polar surface area (TPSA) is 36.4 Å². The smallest absolute Gasteiger partial charge is 0.187 e. The lowest BCUT2D eigenvalue weighted by molar-refractivity contribution is 0.869. The van der Waals surface area contributed by atoms with Crippen LogP contribution >= 0.6 is 12.2 Å². The van der Waals surface area contributed by atoms with Gasteiger partial charge in [-0.1, -0.05) is 66.7 Å². The van der Waals surface area contributed by atoms with Gasteiger partial charge in [0, 0.05) is 6.54 Å². The summed E-state index contributed by atoms with van der Waals surface area (Å²) in [6.45, 7) is 0.679. The Bertz CT molecular complexity index is 828. The number of nitrogens with zero attached hydrogens (tertiary/aromatic N) is 1. The van der Waals surface area contributed by atoms with Crippen molar-refractivity contribution >= 4 is 34.3 Å². The number of rotatable bonds is 4. The van der Waals surface area contributed by atoms with E-state index in [1.165, 1.54) is 16.3 Å². The van der Waals surface area contributed by atoms with Crippen LogP contribution in [0.5, 0.6) is 0 Å². The van der Waals surface area contributed by atoms with Gasteiger partial charge < -0.3 is 5.32 Å². The Morgan fingerprint density at radius 2 is 1.65 bits per heavy atom. The Labute approximate surface area is 141 Å². The van der Waals surface area contributed by atoms with Crippen LogP contribution in [0.2, 0.25) is 0 Å². The van der Waals surface area contributed by atoms with Gasteiger partial charge in [-0.25, -0.2) is 0 Å². The fraction of sp³-hybridized carbons (Fsp3) is 0.0526. The molecule has 0 aromatic heterocycles. The summed E-state index contributed by atoms with van der Waals surface area (Å²) in [5.74, 6) is 0. The minimum absolute atomic E-state index is 0.505. The minimum atomic E-state index is 0.505. The van der Waals surface area contributed by atoms with Gasteiger partial charge in [-0.3, -0.25) is 5.43 Å². The molecule has 0 radical (unpaired) electrons. The Kier molecular flexibility index (Phi) is 4.96. The second-order valence-corrected chi connectivity index (χ2v) is 5.55. The summed E-state index contributed by atoms with van der Waals surface area (Å²) in [5, 5.41) is 10.2. The molecule has 0 heterocycles. The highest BCUT2D eigenvalue weighted by molar-refractivity contribution is 7.80. The third-order valence-electron chi connectivity index (χ3n) is 3.45. The summed E-state index contributed by atoms with van der Waals surface area (Å²) >= 11 is 5.21. The number of benzene rings is 3. The average Bonchev–Trinajstić information content (AvgIpc) is 2.61. The molecule has 0 spiro atoms. The number of fused-ring (bicyclic) bond motifs is 1. The number of hydrazone groups is 1. The molecule has 0 aliphatic carbocycles. The molecule has 3 rings (SSSR count). The molecule has 23 heavy (non-hydrogen) atoms. The largest absolute Gasteiger partial charge is 0.357 e. The van der Waals surface area contributed by atoms with Gasteiger partial charge in [-0.15, -0.1) is 0 Å². The zero-order valence-electron chi connectivity index (χ0n) is 12.6. The maximum atomic E-state index is 5.21. The lowest BCUT2D eigenvalue weighted by Crippen LogP contribution is -2.31. The van der Waals surface area contributed by atoms with Crippen LogP contribution in [0.15, 0.2) is 77.9 Å². The molecule has 114 valence electrons. The standard InChI is InChI=1S/C19H17N3S/c23-19(20-13-15-6-2-1-3-7-15)22-21-14-16-10-11-17-8-4-5-9-18(17)12-16/h1-12,14H,13H2,(H2,20,22,23)/b21-14-. The Balaban J connectivity index is 1.54. The summed E-state index contributed by atoms with van der Waals surface area (Å²) in [6.07, 6.45) is 1.77. The molecular formula is C19H17N3S. The number of hydrogen-bond acceptors (Lipinski definition) is 2. The van der Waals surface area contributed by atoms with Crippen LogP contribution in [0, 0.1) is 0 Å². The highest BCUT2D eigenvalue weighted by Gasteiger charge is 1.95. The van der Waals surface area contributed by atoms with Crippen molar-refractivity contribution in [3.8, 4) is 0 Å². The normalized spacial score (nSPS) is 10.8. The first kappa shape index (κ1) is 15.2. The fourth-order valence-corrected chi connectivity index (χ4v) is 2.40. The van der Waals surface area contributed by atoms with Crippen molar-refractivity contribution in [2.24, 2.45) is 5.10 Å².